The number of nitriles is 1. The summed E-state index contributed by atoms with van der Waals surface area (Å²) in [5, 5.41) is 11.4. The summed E-state index contributed by atoms with van der Waals surface area (Å²) < 4.78 is 39.8. The number of hydrogen-bond donors (Lipinski definition) is 1. The van der Waals surface area contributed by atoms with Gasteiger partial charge >= 0.3 is 6.18 Å². The summed E-state index contributed by atoms with van der Waals surface area (Å²) in [5.74, 6) is -1.21. The molecule has 1 fully saturated rings. The number of carbonyl (C=O) groups is 2. The molecule has 0 aromatic carbocycles. The molecule has 2 rings (SSSR count). The standard InChI is InChI=1S/C15H15F3N4O2/c1-9(23)21-11-2-3-13(15(16,17)18)22(8-11)14(24)10-4-5-20-12(6-10)7-19/h4-6,11,13H,2-3,8H2,1H3,(H,21,23)/t11-,13+/m0/s1. The topological polar surface area (TPSA) is 86.1 Å². The highest BCUT2D eigenvalue weighted by atomic mass is 19.4. The Hall–Kier alpha value is -2.63. The second-order valence-corrected chi connectivity index (χ2v) is 5.53. The van der Waals surface area contributed by atoms with E-state index < -0.39 is 24.2 Å². The van der Waals surface area contributed by atoms with Crippen LogP contribution < -0.4 is 5.32 Å². The predicted octanol–water partition coefficient (Wildman–Crippen LogP) is 1.62. The van der Waals surface area contributed by atoms with Crippen molar-refractivity contribution in [3.8, 4) is 6.07 Å². The van der Waals surface area contributed by atoms with Gasteiger partial charge < -0.3 is 10.2 Å². The van der Waals surface area contributed by atoms with Crippen LogP contribution in [0.15, 0.2) is 18.3 Å². The fourth-order valence-corrected chi connectivity index (χ4v) is 2.73. The number of alkyl halides is 3. The number of aromatic nitrogens is 1. The molecule has 0 saturated carbocycles. The van der Waals surface area contributed by atoms with Crippen molar-refractivity contribution in [3.05, 3.63) is 29.6 Å². The lowest BCUT2D eigenvalue weighted by atomic mass is 9.96. The van der Waals surface area contributed by atoms with Crippen LogP contribution in [-0.2, 0) is 4.79 Å². The van der Waals surface area contributed by atoms with Crippen LogP contribution in [0, 0.1) is 11.3 Å². The summed E-state index contributed by atoms with van der Waals surface area (Å²) in [4.78, 5) is 28.1. The molecule has 0 spiro atoms. The molecule has 0 unspecified atom stereocenters. The van der Waals surface area contributed by atoms with Gasteiger partial charge in [0.2, 0.25) is 5.91 Å². The molecule has 1 aliphatic rings. The van der Waals surface area contributed by atoms with E-state index in [-0.39, 0.29) is 36.6 Å². The molecule has 0 bridgehead atoms. The number of amides is 2. The molecule has 0 aliphatic carbocycles. The molecular weight excluding hydrogens is 325 g/mol. The molecule has 1 N–H and O–H groups in total. The first kappa shape index (κ1) is 17.7. The Morgan fingerprint density at radius 1 is 1.42 bits per heavy atom. The number of carbonyl (C=O) groups excluding carboxylic acids is 2. The zero-order valence-electron chi connectivity index (χ0n) is 12.8. The van der Waals surface area contributed by atoms with Gasteiger partial charge in [-0.3, -0.25) is 9.59 Å². The van der Waals surface area contributed by atoms with E-state index in [0.29, 0.717) is 4.90 Å². The normalized spacial score (nSPS) is 21.0. The maximum atomic E-state index is 13.3. The van der Waals surface area contributed by atoms with Crippen LogP contribution in [0.1, 0.15) is 35.8 Å². The highest BCUT2D eigenvalue weighted by Crippen LogP contribution is 2.33. The first-order chi connectivity index (χ1) is 11.2. The van der Waals surface area contributed by atoms with Crippen molar-refractivity contribution in [1.29, 1.82) is 5.26 Å². The summed E-state index contributed by atoms with van der Waals surface area (Å²) in [6, 6.07) is 1.69. The maximum Gasteiger partial charge on any atom is 0.408 e. The Balaban J connectivity index is 2.30. The van der Waals surface area contributed by atoms with Crippen LogP contribution in [0.5, 0.6) is 0 Å². The van der Waals surface area contributed by atoms with Gasteiger partial charge in [-0.05, 0) is 25.0 Å². The molecule has 2 atom stereocenters. The molecule has 24 heavy (non-hydrogen) atoms. The van der Waals surface area contributed by atoms with Gasteiger partial charge in [0.15, 0.2) is 0 Å². The molecule has 0 radical (unpaired) electrons. The molecule has 2 amide bonds. The average Bonchev–Trinajstić information content (AvgIpc) is 2.52. The van der Waals surface area contributed by atoms with Gasteiger partial charge in [-0.25, -0.2) is 4.98 Å². The first-order valence-electron chi connectivity index (χ1n) is 7.23. The number of pyridine rings is 1. The molecule has 1 aliphatic heterocycles. The SMILES string of the molecule is CC(=O)N[C@H]1CC[C@H](C(F)(F)F)N(C(=O)c2ccnc(C#N)c2)C1. The van der Waals surface area contributed by atoms with Gasteiger partial charge in [0.25, 0.3) is 5.91 Å². The van der Waals surface area contributed by atoms with Gasteiger partial charge in [-0.15, -0.1) is 0 Å². The van der Waals surface area contributed by atoms with Gasteiger partial charge in [0.05, 0.1) is 0 Å². The minimum atomic E-state index is -4.57. The molecule has 1 saturated heterocycles. The van der Waals surface area contributed by atoms with Crippen LogP contribution in [0.25, 0.3) is 0 Å². The van der Waals surface area contributed by atoms with Crippen molar-refractivity contribution in [2.45, 2.75) is 38.0 Å². The van der Waals surface area contributed by atoms with Crippen molar-refractivity contribution >= 4 is 11.8 Å². The van der Waals surface area contributed by atoms with E-state index in [1.807, 2.05) is 0 Å². The number of halogens is 3. The average molecular weight is 340 g/mol. The Bertz CT molecular complexity index is 684. The lowest BCUT2D eigenvalue weighted by Gasteiger charge is -2.40. The monoisotopic (exact) mass is 340 g/mol. The third-order valence-corrected chi connectivity index (χ3v) is 3.75. The molecule has 1 aromatic heterocycles. The molecule has 2 heterocycles. The van der Waals surface area contributed by atoms with Crippen LogP contribution in [-0.4, -0.2) is 46.5 Å². The zero-order chi connectivity index (χ0) is 17.9. The summed E-state index contributed by atoms with van der Waals surface area (Å²) in [5.41, 5.74) is -0.0981. The van der Waals surface area contributed by atoms with E-state index in [2.05, 4.69) is 10.3 Å². The fourth-order valence-electron chi connectivity index (χ4n) is 2.73. The summed E-state index contributed by atoms with van der Waals surface area (Å²) in [7, 11) is 0. The van der Waals surface area contributed by atoms with E-state index in [1.54, 1.807) is 6.07 Å². The second-order valence-electron chi connectivity index (χ2n) is 5.53. The van der Waals surface area contributed by atoms with Crippen molar-refractivity contribution in [3.63, 3.8) is 0 Å². The largest absolute Gasteiger partial charge is 0.408 e. The van der Waals surface area contributed by atoms with Crippen molar-refractivity contribution in [2.75, 3.05) is 6.54 Å². The molecule has 1 aromatic rings. The van der Waals surface area contributed by atoms with Gasteiger partial charge in [0.1, 0.15) is 17.8 Å². The summed E-state index contributed by atoms with van der Waals surface area (Å²) in [6.07, 6.45) is -3.53. The smallest absolute Gasteiger partial charge is 0.352 e. The number of piperidine rings is 1. The highest BCUT2D eigenvalue weighted by Gasteiger charge is 2.48. The maximum absolute atomic E-state index is 13.3. The van der Waals surface area contributed by atoms with Gasteiger partial charge in [-0.1, -0.05) is 0 Å². The quantitative estimate of drug-likeness (QED) is 0.886. The molecule has 128 valence electrons. The Morgan fingerprint density at radius 2 is 2.12 bits per heavy atom. The van der Waals surface area contributed by atoms with E-state index in [1.165, 1.54) is 19.2 Å². The molecule has 6 nitrogen and oxygen atoms in total. The Kier molecular flexibility index (Phi) is 5.07. The third-order valence-electron chi connectivity index (χ3n) is 3.75. The number of hydrogen-bond acceptors (Lipinski definition) is 4. The lowest BCUT2D eigenvalue weighted by Crippen LogP contribution is -2.58. The second kappa shape index (κ2) is 6.86. The van der Waals surface area contributed by atoms with E-state index >= 15 is 0 Å². The molecule has 9 heteroatoms. The van der Waals surface area contributed by atoms with E-state index in [9.17, 15) is 22.8 Å². The minimum Gasteiger partial charge on any atom is -0.352 e. The summed E-state index contributed by atoms with van der Waals surface area (Å²) in [6.45, 7) is 1.02. The van der Waals surface area contributed by atoms with Crippen molar-refractivity contribution in [2.24, 2.45) is 0 Å². The predicted molar refractivity (Wildman–Crippen MR) is 76.7 cm³/mol. The Labute approximate surface area is 136 Å². The third kappa shape index (κ3) is 4.01. The number of rotatable bonds is 2. The number of nitrogens with one attached hydrogen (secondary N) is 1. The summed E-state index contributed by atoms with van der Waals surface area (Å²) >= 11 is 0. The van der Waals surface area contributed by atoms with Crippen molar-refractivity contribution < 1.29 is 22.8 Å². The van der Waals surface area contributed by atoms with Crippen LogP contribution >= 0.6 is 0 Å². The van der Waals surface area contributed by atoms with Crippen LogP contribution in [0.2, 0.25) is 0 Å². The molecular formula is C15H15F3N4O2. The lowest BCUT2D eigenvalue weighted by molar-refractivity contribution is -0.184. The zero-order valence-corrected chi connectivity index (χ0v) is 12.8. The first-order valence-corrected chi connectivity index (χ1v) is 7.23. The Morgan fingerprint density at radius 3 is 2.71 bits per heavy atom. The highest BCUT2D eigenvalue weighted by molar-refractivity contribution is 5.94. The number of nitrogens with zero attached hydrogens (tertiary/aromatic N) is 3. The van der Waals surface area contributed by atoms with E-state index in [4.69, 9.17) is 5.26 Å². The van der Waals surface area contributed by atoms with Crippen LogP contribution in [0.4, 0.5) is 13.2 Å². The fraction of sp³-hybridized carbons (Fsp3) is 0.467. The van der Waals surface area contributed by atoms with Gasteiger partial charge in [-0.2, -0.15) is 18.4 Å². The minimum absolute atomic E-state index is 0.0423. The number of likely N-dealkylation sites (tertiary alicyclic amines) is 1. The van der Waals surface area contributed by atoms with Crippen LogP contribution in [0.3, 0.4) is 0 Å². The van der Waals surface area contributed by atoms with E-state index in [0.717, 1.165) is 6.07 Å². The van der Waals surface area contributed by atoms with Crippen molar-refractivity contribution in [1.82, 2.24) is 15.2 Å². The van der Waals surface area contributed by atoms with Gasteiger partial charge in [0, 0.05) is 31.3 Å².